The Morgan fingerprint density at radius 3 is 0.605 bits per heavy atom. The van der Waals surface area contributed by atoms with E-state index < -0.39 is 0 Å². The van der Waals surface area contributed by atoms with Crippen LogP contribution in [-0.2, 0) is 4.79 Å². The second-order valence-electron chi connectivity index (χ2n) is 12.6. The van der Waals surface area contributed by atoms with Crippen LogP contribution >= 0.6 is 0 Å². The number of hydrogen-bond acceptors (Lipinski definition) is 1. The van der Waals surface area contributed by atoms with Gasteiger partial charge in [0, 0.05) is 12.8 Å². The summed E-state index contributed by atoms with van der Waals surface area (Å²) in [6.07, 6.45) is 46.5. The minimum Gasteiger partial charge on any atom is -0.300 e. The van der Waals surface area contributed by atoms with Crippen molar-refractivity contribution in [3.8, 4) is 0 Å². The van der Waals surface area contributed by atoms with Crippen molar-refractivity contribution in [2.24, 2.45) is 0 Å². The fourth-order valence-electron chi connectivity index (χ4n) is 5.87. The molecule has 0 aliphatic rings. The fourth-order valence-corrected chi connectivity index (χ4v) is 5.87. The van der Waals surface area contributed by atoms with Crippen LogP contribution in [0.5, 0.6) is 0 Å². The first-order valence-electron chi connectivity index (χ1n) is 18.3. The van der Waals surface area contributed by atoms with Crippen LogP contribution in [0.2, 0.25) is 0 Å². The van der Waals surface area contributed by atoms with Gasteiger partial charge in [0.05, 0.1) is 0 Å². The quantitative estimate of drug-likeness (QED) is 0.0750. The van der Waals surface area contributed by atoms with E-state index in [1.165, 1.54) is 193 Å². The van der Waals surface area contributed by atoms with Gasteiger partial charge >= 0.3 is 0 Å². The van der Waals surface area contributed by atoms with Gasteiger partial charge in [0.2, 0.25) is 0 Å². The summed E-state index contributed by atoms with van der Waals surface area (Å²) in [6, 6.07) is 0. The molecule has 38 heavy (non-hydrogen) atoms. The Bertz CT molecular complexity index is 428. The fraction of sp³-hybridized carbons (Fsp3) is 0.973. The molecule has 0 rings (SSSR count). The van der Waals surface area contributed by atoms with Gasteiger partial charge < -0.3 is 0 Å². The first kappa shape index (κ1) is 37.7. The molecule has 0 saturated carbocycles. The standard InChI is InChI=1S/C37H74O/c1-3-5-7-9-11-13-14-15-16-17-18-19-20-21-22-23-24-25-26-27-28-30-32-34-36-37(38)35-33-31-29-12-10-8-6-4-2/h3-36H2,1-2H3. The van der Waals surface area contributed by atoms with E-state index >= 15 is 0 Å². The summed E-state index contributed by atoms with van der Waals surface area (Å²) in [5, 5.41) is 0. The lowest BCUT2D eigenvalue weighted by atomic mass is 10.0. The van der Waals surface area contributed by atoms with Crippen molar-refractivity contribution >= 4 is 5.78 Å². The molecule has 0 N–H and O–H groups in total. The van der Waals surface area contributed by atoms with Gasteiger partial charge in [0.15, 0.2) is 0 Å². The maximum absolute atomic E-state index is 12.0. The van der Waals surface area contributed by atoms with Gasteiger partial charge in [-0.2, -0.15) is 0 Å². The smallest absolute Gasteiger partial charge is 0.132 e. The number of ketones is 1. The van der Waals surface area contributed by atoms with Crippen LogP contribution in [0.25, 0.3) is 0 Å². The second kappa shape index (κ2) is 34.7. The van der Waals surface area contributed by atoms with Crippen molar-refractivity contribution in [3.63, 3.8) is 0 Å². The molecule has 0 radical (unpaired) electrons. The van der Waals surface area contributed by atoms with Gasteiger partial charge in [-0.05, 0) is 12.8 Å². The summed E-state index contributed by atoms with van der Waals surface area (Å²) in [6.45, 7) is 4.57. The van der Waals surface area contributed by atoms with Crippen LogP contribution in [0.3, 0.4) is 0 Å². The largest absolute Gasteiger partial charge is 0.300 e. The number of carbonyl (C=O) groups excluding carboxylic acids is 1. The maximum Gasteiger partial charge on any atom is 0.132 e. The molecule has 0 aromatic heterocycles. The average molecular weight is 535 g/mol. The summed E-state index contributed by atoms with van der Waals surface area (Å²) < 4.78 is 0. The predicted molar refractivity (Wildman–Crippen MR) is 173 cm³/mol. The molecule has 1 nitrogen and oxygen atoms in total. The normalized spacial score (nSPS) is 11.4. The number of unbranched alkanes of at least 4 members (excludes halogenated alkanes) is 30. The van der Waals surface area contributed by atoms with Crippen LogP contribution in [0.15, 0.2) is 0 Å². The summed E-state index contributed by atoms with van der Waals surface area (Å²) in [4.78, 5) is 12.0. The zero-order valence-electron chi connectivity index (χ0n) is 26.9. The molecule has 0 saturated heterocycles. The Kier molecular flexibility index (Phi) is 34.4. The third-order valence-corrected chi connectivity index (χ3v) is 8.62. The number of rotatable bonds is 34. The van der Waals surface area contributed by atoms with E-state index in [4.69, 9.17) is 0 Å². The van der Waals surface area contributed by atoms with Crippen LogP contribution < -0.4 is 0 Å². The molecule has 0 aromatic rings. The lowest BCUT2D eigenvalue weighted by Crippen LogP contribution is -1.97. The molecule has 0 bridgehead atoms. The van der Waals surface area contributed by atoms with Crippen molar-refractivity contribution < 1.29 is 4.79 Å². The van der Waals surface area contributed by atoms with E-state index in [2.05, 4.69) is 13.8 Å². The Labute approximate surface area is 242 Å². The molecule has 0 heterocycles. The van der Waals surface area contributed by atoms with Crippen molar-refractivity contribution in [3.05, 3.63) is 0 Å². The maximum atomic E-state index is 12.0. The highest BCUT2D eigenvalue weighted by Gasteiger charge is 2.02. The van der Waals surface area contributed by atoms with E-state index in [1.807, 2.05) is 0 Å². The molecule has 1 heteroatoms. The molecule has 0 spiro atoms. The van der Waals surface area contributed by atoms with E-state index in [1.54, 1.807) is 0 Å². The first-order chi connectivity index (χ1) is 18.8. The Balaban J connectivity index is 3.10. The molecular formula is C37H74O. The van der Waals surface area contributed by atoms with E-state index in [-0.39, 0.29) is 0 Å². The monoisotopic (exact) mass is 535 g/mol. The molecule has 0 aliphatic heterocycles. The average Bonchev–Trinajstić information content (AvgIpc) is 2.92. The van der Waals surface area contributed by atoms with Gasteiger partial charge in [-0.3, -0.25) is 4.79 Å². The number of hydrogen-bond donors (Lipinski definition) is 0. The van der Waals surface area contributed by atoms with Gasteiger partial charge in [-0.1, -0.05) is 206 Å². The van der Waals surface area contributed by atoms with Gasteiger partial charge in [0.1, 0.15) is 5.78 Å². The van der Waals surface area contributed by atoms with Crippen LogP contribution in [0.1, 0.15) is 232 Å². The Morgan fingerprint density at radius 1 is 0.263 bits per heavy atom. The Hall–Kier alpha value is -0.330. The predicted octanol–water partition coefficient (Wildman–Crippen LogP) is 13.9. The highest BCUT2D eigenvalue weighted by atomic mass is 16.1. The molecule has 0 amide bonds. The van der Waals surface area contributed by atoms with Crippen molar-refractivity contribution in [1.29, 1.82) is 0 Å². The third-order valence-electron chi connectivity index (χ3n) is 8.62. The summed E-state index contributed by atoms with van der Waals surface area (Å²) >= 11 is 0. The molecular weight excluding hydrogens is 460 g/mol. The molecule has 0 aromatic carbocycles. The van der Waals surface area contributed by atoms with E-state index in [0.29, 0.717) is 5.78 Å². The minimum atomic E-state index is 0.523. The van der Waals surface area contributed by atoms with Crippen LogP contribution in [0.4, 0.5) is 0 Å². The summed E-state index contributed by atoms with van der Waals surface area (Å²) in [7, 11) is 0. The molecule has 0 atom stereocenters. The zero-order chi connectivity index (χ0) is 27.6. The second-order valence-corrected chi connectivity index (χ2v) is 12.6. The SMILES string of the molecule is CCCCCCCCCCCCCCCCCCCCCCCCCCC(=O)CCCCCCCCCC. The van der Waals surface area contributed by atoms with E-state index in [9.17, 15) is 4.79 Å². The lowest BCUT2D eigenvalue weighted by Gasteiger charge is -2.04. The zero-order valence-corrected chi connectivity index (χ0v) is 26.9. The topological polar surface area (TPSA) is 17.1 Å². The molecule has 0 unspecified atom stereocenters. The van der Waals surface area contributed by atoms with Crippen molar-refractivity contribution in [2.45, 2.75) is 232 Å². The van der Waals surface area contributed by atoms with Gasteiger partial charge in [-0.15, -0.1) is 0 Å². The number of Topliss-reactive ketones (excluding diaryl/α,β-unsaturated/α-hetero) is 1. The third kappa shape index (κ3) is 33.7. The lowest BCUT2D eigenvalue weighted by molar-refractivity contribution is -0.119. The van der Waals surface area contributed by atoms with E-state index in [0.717, 1.165) is 25.7 Å². The summed E-state index contributed by atoms with van der Waals surface area (Å²) in [5.41, 5.74) is 0. The van der Waals surface area contributed by atoms with Gasteiger partial charge in [-0.25, -0.2) is 0 Å². The molecule has 0 fully saturated rings. The van der Waals surface area contributed by atoms with Gasteiger partial charge in [0.25, 0.3) is 0 Å². The van der Waals surface area contributed by atoms with Crippen molar-refractivity contribution in [1.82, 2.24) is 0 Å². The first-order valence-corrected chi connectivity index (χ1v) is 18.3. The molecule has 0 aliphatic carbocycles. The minimum absolute atomic E-state index is 0.523. The highest BCUT2D eigenvalue weighted by molar-refractivity contribution is 5.78. The number of carbonyl (C=O) groups is 1. The highest BCUT2D eigenvalue weighted by Crippen LogP contribution is 2.16. The van der Waals surface area contributed by atoms with Crippen LogP contribution in [-0.4, -0.2) is 5.78 Å². The van der Waals surface area contributed by atoms with Crippen LogP contribution in [0, 0.1) is 0 Å². The molecule has 228 valence electrons. The Morgan fingerprint density at radius 2 is 0.421 bits per heavy atom. The van der Waals surface area contributed by atoms with Crippen molar-refractivity contribution in [2.75, 3.05) is 0 Å². The summed E-state index contributed by atoms with van der Waals surface area (Å²) in [5.74, 6) is 0.523.